The first-order chi connectivity index (χ1) is 5.38. The quantitative estimate of drug-likeness (QED) is 0.489. The van der Waals surface area contributed by atoms with Gasteiger partial charge in [0.15, 0.2) is 0 Å². The Hall–Kier alpha value is -0.0200. The van der Waals surface area contributed by atoms with Crippen LogP contribution >= 0.6 is 12.6 Å². The zero-order valence-electron chi connectivity index (χ0n) is 6.86. The fourth-order valence-corrected chi connectivity index (χ4v) is 1.34. The molecule has 0 spiro atoms. The Morgan fingerprint density at radius 3 is 2.58 bits per heavy atom. The summed E-state index contributed by atoms with van der Waals surface area (Å²) in [5.74, 6) is 0. The molecule has 1 aromatic heterocycles. The molecule has 1 nitrogen and oxygen atoms in total. The minimum Gasteiger partial charge on any atom is -0.256 e. The second-order valence-electron chi connectivity index (χ2n) is 2.35. The van der Waals surface area contributed by atoms with Crippen LogP contribution in [0.4, 0.5) is 0 Å². The predicted octanol–water partition coefficient (Wildman–Crippen LogP) is 2.14. The predicted molar refractivity (Wildman–Crippen MR) is 54.7 cm³/mol. The van der Waals surface area contributed by atoms with Gasteiger partial charge in [-0.25, -0.2) is 0 Å². The number of aromatic nitrogens is 1. The SMILES string of the molecule is Sc1ccnc2ccccc12.[Na]. The largest absolute Gasteiger partial charge is 0.256 e. The second kappa shape index (κ2) is 4.28. The third-order valence-corrected chi connectivity index (χ3v) is 2.02. The van der Waals surface area contributed by atoms with E-state index < -0.39 is 0 Å². The standard InChI is InChI=1S/C9H7NS.Na/c11-9-5-6-10-8-4-2-1-3-7(8)9;/h1-6H,(H,10,11);. The summed E-state index contributed by atoms with van der Waals surface area (Å²) in [6.45, 7) is 0. The molecule has 2 rings (SSSR count). The fraction of sp³-hybridized carbons (Fsp3) is 0. The van der Waals surface area contributed by atoms with Gasteiger partial charge in [0, 0.05) is 46.0 Å². The van der Waals surface area contributed by atoms with Gasteiger partial charge in [-0.1, -0.05) is 18.2 Å². The van der Waals surface area contributed by atoms with E-state index in [1.54, 1.807) is 6.20 Å². The summed E-state index contributed by atoms with van der Waals surface area (Å²) in [6.07, 6.45) is 1.77. The number of thiol groups is 1. The van der Waals surface area contributed by atoms with Crippen LogP contribution in [0, 0.1) is 0 Å². The maximum absolute atomic E-state index is 4.31. The second-order valence-corrected chi connectivity index (χ2v) is 2.83. The van der Waals surface area contributed by atoms with Crippen molar-refractivity contribution in [2.75, 3.05) is 0 Å². The number of pyridine rings is 1. The van der Waals surface area contributed by atoms with Gasteiger partial charge in [-0.2, -0.15) is 0 Å². The molecule has 1 radical (unpaired) electrons. The van der Waals surface area contributed by atoms with Crippen molar-refractivity contribution in [3.63, 3.8) is 0 Å². The third-order valence-electron chi connectivity index (χ3n) is 1.63. The van der Waals surface area contributed by atoms with Gasteiger partial charge in [-0.05, 0) is 12.1 Å². The Kier molecular flexibility index (Phi) is 3.59. The first kappa shape index (κ1) is 10.1. The molecule has 0 amide bonds. The van der Waals surface area contributed by atoms with Crippen LogP contribution in [-0.4, -0.2) is 34.5 Å². The Bertz CT molecular complexity index is 384. The van der Waals surface area contributed by atoms with Gasteiger partial charge in [0.25, 0.3) is 0 Å². The molecular weight excluding hydrogens is 177 g/mol. The molecule has 0 fully saturated rings. The van der Waals surface area contributed by atoms with E-state index in [9.17, 15) is 0 Å². The molecule has 0 unspecified atom stereocenters. The number of benzene rings is 1. The maximum atomic E-state index is 4.31. The van der Waals surface area contributed by atoms with Gasteiger partial charge in [0.05, 0.1) is 5.52 Å². The zero-order chi connectivity index (χ0) is 7.68. The van der Waals surface area contributed by atoms with E-state index in [1.807, 2.05) is 30.3 Å². The monoisotopic (exact) mass is 184 g/mol. The van der Waals surface area contributed by atoms with E-state index in [4.69, 9.17) is 0 Å². The molecule has 0 aliphatic carbocycles. The normalized spacial score (nSPS) is 9.42. The minimum absolute atomic E-state index is 0. The Labute approximate surface area is 98.9 Å². The summed E-state index contributed by atoms with van der Waals surface area (Å²) in [7, 11) is 0. The average molecular weight is 184 g/mol. The van der Waals surface area contributed by atoms with Crippen molar-refractivity contribution in [2.24, 2.45) is 0 Å². The number of para-hydroxylation sites is 1. The summed E-state index contributed by atoms with van der Waals surface area (Å²) in [4.78, 5) is 5.18. The van der Waals surface area contributed by atoms with Crippen molar-refractivity contribution in [1.29, 1.82) is 0 Å². The molecular formula is C9H7NNaS. The summed E-state index contributed by atoms with van der Waals surface area (Å²) >= 11 is 4.31. The molecule has 55 valence electrons. The molecule has 0 N–H and O–H groups in total. The summed E-state index contributed by atoms with van der Waals surface area (Å²) in [5.41, 5.74) is 1.00. The summed E-state index contributed by atoms with van der Waals surface area (Å²) in [6, 6.07) is 9.86. The molecule has 0 bridgehead atoms. The van der Waals surface area contributed by atoms with Crippen molar-refractivity contribution < 1.29 is 0 Å². The Morgan fingerprint density at radius 1 is 1.08 bits per heavy atom. The van der Waals surface area contributed by atoms with E-state index in [0.29, 0.717) is 0 Å². The Balaban J connectivity index is 0.000000720. The van der Waals surface area contributed by atoms with Gasteiger partial charge in [0.1, 0.15) is 0 Å². The zero-order valence-corrected chi connectivity index (χ0v) is 9.75. The maximum Gasteiger partial charge on any atom is 0.0713 e. The van der Waals surface area contributed by atoms with Gasteiger partial charge in [-0.15, -0.1) is 12.6 Å². The number of hydrogen-bond donors (Lipinski definition) is 1. The first-order valence-electron chi connectivity index (χ1n) is 3.40. The van der Waals surface area contributed by atoms with Crippen LogP contribution in [0.15, 0.2) is 41.4 Å². The molecule has 0 aliphatic heterocycles. The molecule has 1 heterocycles. The smallest absolute Gasteiger partial charge is 0.0713 e. The molecule has 0 saturated heterocycles. The van der Waals surface area contributed by atoms with Crippen LogP contribution in [0.3, 0.4) is 0 Å². The van der Waals surface area contributed by atoms with Crippen LogP contribution in [0.5, 0.6) is 0 Å². The van der Waals surface area contributed by atoms with Crippen molar-refractivity contribution in [3.05, 3.63) is 36.5 Å². The van der Waals surface area contributed by atoms with E-state index in [1.165, 1.54) is 0 Å². The molecule has 0 aliphatic rings. The molecule has 3 heteroatoms. The minimum atomic E-state index is 0. The number of nitrogens with zero attached hydrogens (tertiary/aromatic N) is 1. The van der Waals surface area contributed by atoms with Crippen LogP contribution < -0.4 is 0 Å². The van der Waals surface area contributed by atoms with Crippen LogP contribution in [0.25, 0.3) is 10.9 Å². The van der Waals surface area contributed by atoms with E-state index in [-0.39, 0.29) is 29.6 Å². The van der Waals surface area contributed by atoms with Crippen LogP contribution in [-0.2, 0) is 0 Å². The molecule has 1 aromatic carbocycles. The van der Waals surface area contributed by atoms with Crippen molar-refractivity contribution >= 4 is 53.1 Å². The fourth-order valence-electron chi connectivity index (χ4n) is 1.08. The summed E-state index contributed by atoms with van der Waals surface area (Å²) in [5, 5.41) is 1.11. The molecule has 12 heavy (non-hydrogen) atoms. The van der Waals surface area contributed by atoms with Crippen LogP contribution in [0.1, 0.15) is 0 Å². The van der Waals surface area contributed by atoms with Gasteiger partial charge >= 0.3 is 0 Å². The third kappa shape index (κ3) is 1.83. The summed E-state index contributed by atoms with van der Waals surface area (Å²) < 4.78 is 0. The van der Waals surface area contributed by atoms with Gasteiger partial charge < -0.3 is 0 Å². The van der Waals surface area contributed by atoms with Crippen molar-refractivity contribution in [1.82, 2.24) is 4.98 Å². The average Bonchev–Trinajstić information content (AvgIpc) is 2.06. The molecule has 0 saturated carbocycles. The van der Waals surface area contributed by atoms with E-state index >= 15 is 0 Å². The first-order valence-corrected chi connectivity index (χ1v) is 3.85. The van der Waals surface area contributed by atoms with Crippen molar-refractivity contribution in [3.8, 4) is 0 Å². The topological polar surface area (TPSA) is 12.9 Å². The molecule has 2 aromatic rings. The number of fused-ring (bicyclic) bond motifs is 1. The van der Waals surface area contributed by atoms with Crippen molar-refractivity contribution in [2.45, 2.75) is 4.90 Å². The van der Waals surface area contributed by atoms with E-state index in [2.05, 4.69) is 17.6 Å². The Morgan fingerprint density at radius 2 is 1.83 bits per heavy atom. The number of hydrogen-bond acceptors (Lipinski definition) is 2. The molecule has 0 atom stereocenters. The number of rotatable bonds is 0. The van der Waals surface area contributed by atoms with Crippen LogP contribution in [0.2, 0.25) is 0 Å². The van der Waals surface area contributed by atoms with E-state index in [0.717, 1.165) is 15.8 Å². The van der Waals surface area contributed by atoms with Gasteiger partial charge in [-0.3, -0.25) is 4.98 Å². The van der Waals surface area contributed by atoms with Gasteiger partial charge in [0.2, 0.25) is 0 Å².